The van der Waals surface area contributed by atoms with Gasteiger partial charge in [0.1, 0.15) is 12.4 Å². The third-order valence-electron chi connectivity index (χ3n) is 4.71. The van der Waals surface area contributed by atoms with Crippen LogP contribution in [-0.4, -0.2) is 44.9 Å². The van der Waals surface area contributed by atoms with E-state index in [0.29, 0.717) is 37.6 Å². The molecule has 3 rings (SSSR count). The van der Waals surface area contributed by atoms with Crippen LogP contribution in [0.1, 0.15) is 35.2 Å². The molecular formula is C21H26N2O4S. The predicted molar refractivity (Wildman–Crippen MR) is 108 cm³/mol. The molecule has 1 amide bonds. The third-order valence-corrected chi connectivity index (χ3v) is 6.63. The summed E-state index contributed by atoms with van der Waals surface area (Å²) in [6.45, 7) is 3.77. The third kappa shape index (κ3) is 5.11. The standard InChI is InChI=1S/C21H26N2O4S/c1-17-6-5-7-18(16-17)21(24)22-12-15-27-19-8-10-20(11-9-19)28(25,26)23-13-3-2-4-14-23/h5-11,16H,2-4,12-15H2,1H3,(H,22,24). The largest absolute Gasteiger partial charge is 0.492 e. The van der Waals surface area contributed by atoms with Crippen molar-refractivity contribution >= 4 is 15.9 Å². The molecule has 1 N–H and O–H groups in total. The molecule has 2 aromatic rings. The van der Waals surface area contributed by atoms with Gasteiger partial charge in [0.2, 0.25) is 10.0 Å². The first-order chi connectivity index (χ1) is 13.5. The molecule has 0 radical (unpaired) electrons. The zero-order valence-electron chi connectivity index (χ0n) is 16.1. The number of hydrogen-bond acceptors (Lipinski definition) is 4. The van der Waals surface area contributed by atoms with E-state index in [2.05, 4.69) is 5.32 Å². The second-order valence-electron chi connectivity index (χ2n) is 6.91. The fraction of sp³-hybridized carbons (Fsp3) is 0.381. The Balaban J connectivity index is 1.48. The van der Waals surface area contributed by atoms with E-state index in [1.54, 1.807) is 34.6 Å². The molecule has 0 aliphatic carbocycles. The summed E-state index contributed by atoms with van der Waals surface area (Å²) in [5.41, 5.74) is 1.65. The molecule has 0 spiro atoms. The van der Waals surface area contributed by atoms with Crippen molar-refractivity contribution in [1.29, 1.82) is 0 Å². The molecule has 1 saturated heterocycles. The SMILES string of the molecule is Cc1cccc(C(=O)NCCOc2ccc(S(=O)(=O)N3CCCCC3)cc2)c1. The molecule has 28 heavy (non-hydrogen) atoms. The number of sulfonamides is 1. The zero-order valence-corrected chi connectivity index (χ0v) is 16.9. The first-order valence-corrected chi connectivity index (χ1v) is 11.0. The Kier molecular flexibility index (Phi) is 6.70. The zero-order chi connectivity index (χ0) is 20.0. The van der Waals surface area contributed by atoms with Crippen LogP contribution < -0.4 is 10.1 Å². The maximum absolute atomic E-state index is 12.6. The van der Waals surface area contributed by atoms with E-state index in [1.165, 1.54) is 0 Å². The summed E-state index contributed by atoms with van der Waals surface area (Å²) < 4.78 is 32.4. The van der Waals surface area contributed by atoms with Crippen molar-refractivity contribution in [2.24, 2.45) is 0 Å². The lowest BCUT2D eigenvalue weighted by atomic mass is 10.1. The van der Waals surface area contributed by atoms with Gasteiger partial charge in [-0.1, -0.05) is 24.1 Å². The van der Waals surface area contributed by atoms with Crippen molar-refractivity contribution in [2.75, 3.05) is 26.2 Å². The van der Waals surface area contributed by atoms with Crippen molar-refractivity contribution in [3.05, 3.63) is 59.7 Å². The van der Waals surface area contributed by atoms with Crippen molar-refractivity contribution < 1.29 is 17.9 Å². The van der Waals surface area contributed by atoms with Crippen LogP contribution in [0.3, 0.4) is 0 Å². The van der Waals surface area contributed by atoms with Gasteiger partial charge < -0.3 is 10.1 Å². The maximum Gasteiger partial charge on any atom is 0.251 e. The molecule has 150 valence electrons. The Hall–Kier alpha value is -2.38. The number of nitrogens with zero attached hydrogens (tertiary/aromatic N) is 1. The Bertz CT molecular complexity index is 904. The van der Waals surface area contributed by atoms with Crippen LogP contribution in [0.25, 0.3) is 0 Å². The topological polar surface area (TPSA) is 75.7 Å². The van der Waals surface area contributed by atoms with Crippen LogP contribution in [0.15, 0.2) is 53.4 Å². The minimum Gasteiger partial charge on any atom is -0.492 e. The van der Waals surface area contributed by atoms with Crippen molar-refractivity contribution in [1.82, 2.24) is 9.62 Å². The summed E-state index contributed by atoms with van der Waals surface area (Å²) in [4.78, 5) is 12.4. The van der Waals surface area contributed by atoms with E-state index in [9.17, 15) is 13.2 Å². The van der Waals surface area contributed by atoms with Crippen molar-refractivity contribution in [3.8, 4) is 5.75 Å². The van der Waals surface area contributed by atoms with E-state index in [-0.39, 0.29) is 10.8 Å². The van der Waals surface area contributed by atoms with Crippen LogP contribution >= 0.6 is 0 Å². The van der Waals surface area contributed by atoms with E-state index >= 15 is 0 Å². The lowest BCUT2D eigenvalue weighted by molar-refractivity contribution is 0.0947. The highest BCUT2D eigenvalue weighted by molar-refractivity contribution is 7.89. The summed E-state index contributed by atoms with van der Waals surface area (Å²) in [6, 6.07) is 13.8. The summed E-state index contributed by atoms with van der Waals surface area (Å²) in [6.07, 6.45) is 2.91. The van der Waals surface area contributed by atoms with Gasteiger partial charge in [0.25, 0.3) is 5.91 Å². The monoisotopic (exact) mass is 402 g/mol. The first-order valence-electron chi connectivity index (χ1n) is 9.55. The van der Waals surface area contributed by atoms with Crippen LogP contribution in [0.5, 0.6) is 5.75 Å². The van der Waals surface area contributed by atoms with Gasteiger partial charge in [-0.15, -0.1) is 0 Å². The van der Waals surface area contributed by atoms with Gasteiger partial charge in [-0.25, -0.2) is 8.42 Å². The van der Waals surface area contributed by atoms with Gasteiger partial charge in [0, 0.05) is 18.7 Å². The molecular weight excluding hydrogens is 376 g/mol. The average Bonchev–Trinajstić information content (AvgIpc) is 2.72. The molecule has 1 aliphatic heterocycles. The number of carbonyl (C=O) groups excluding carboxylic acids is 1. The number of nitrogens with one attached hydrogen (secondary N) is 1. The van der Waals surface area contributed by atoms with Crippen LogP contribution in [-0.2, 0) is 10.0 Å². The number of ether oxygens (including phenoxy) is 1. The van der Waals surface area contributed by atoms with Gasteiger partial charge >= 0.3 is 0 Å². The molecule has 1 heterocycles. The van der Waals surface area contributed by atoms with Gasteiger partial charge in [-0.2, -0.15) is 4.31 Å². The number of aryl methyl sites for hydroxylation is 1. The summed E-state index contributed by atoms with van der Waals surface area (Å²) in [7, 11) is -3.43. The quantitative estimate of drug-likeness (QED) is 0.723. The highest BCUT2D eigenvalue weighted by atomic mass is 32.2. The fourth-order valence-corrected chi connectivity index (χ4v) is 4.70. The second kappa shape index (κ2) is 9.21. The lowest BCUT2D eigenvalue weighted by Crippen LogP contribution is -2.35. The average molecular weight is 403 g/mol. The maximum atomic E-state index is 12.6. The number of carbonyl (C=O) groups is 1. The summed E-state index contributed by atoms with van der Waals surface area (Å²) in [5, 5.41) is 2.81. The highest BCUT2D eigenvalue weighted by Crippen LogP contribution is 2.22. The highest BCUT2D eigenvalue weighted by Gasteiger charge is 2.25. The molecule has 7 heteroatoms. The predicted octanol–water partition coefficient (Wildman–Crippen LogP) is 2.98. The minimum absolute atomic E-state index is 0.143. The molecule has 0 unspecified atom stereocenters. The van der Waals surface area contributed by atoms with E-state index in [0.717, 1.165) is 24.8 Å². The van der Waals surface area contributed by atoms with E-state index < -0.39 is 10.0 Å². The number of hydrogen-bond donors (Lipinski definition) is 1. The summed E-state index contributed by atoms with van der Waals surface area (Å²) in [5.74, 6) is 0.428. The van der Waals surface area contributed by atoms with Crippen LogP contribution in [0.2, 0.25) is 0 Å². The molecule has 0 atom stereocenters. The van der Waals surface area contributed by atoms with Crippen molar-refractivity contribution in [2.45, 2.75) is 31.1 Å². The van der Waals surface area contributed by atoms with Crippen LogP contribution in [0, 0.1) is 6.92 Å². The molecule has 1 fully saturated rings. The summed E-state index contributed by atoms with van der Waals surface area (Å²) >= 11 is 0. The Labute approximate surface area is 166 Å². The minimum atomic E-state index is -3.43. The van der Waals surface area contributed by atoms with Gasteiger partial charge in [0.05, 0.1) is 11.4 Å². The number of piperidine rings is 1. The first kappa shape index (κ1) is 20.4. The van der Waals surface area contributed by atoms with Gasteiger partial charge in [-0.3, -0.25) is 4.79 Å². The molecule has 2 aromatic carbocycles. The van der Waals surface area contributed by atoms with Crippen LogP contribution in [0.4, 0.5) is 0 Å². The van der Waals surface area contributed by atoms with Gasteiger partial charge in [-0.05, 0) is 56.2 Å². The molecule has 0 saturated carbocycles. The van der Waals surface area contributed by atoms with Gasteiger partial charge in [0.15, 0.2) is 0 Å². The number of benzene rings is 2. The van der Waals surface area contributed by atoms with E-state index in [4.69, 9.17) is 4.74 Å². The molecule has 0 aromatic heterocycles. The lowest BCUT2D eigenvalue weighted by Gasteiger charge is -2.25. The normalized spacial score (nSPS) is 15.2. The Morgan fingerprint density at radius 3 is 2.46 bits per heavy atom. The smallest absolute Gasteiger partial charge is 0.251 e. The van der Waals surface area contributed by atoms with Crippen molar-refractivity contribution in [3.63, 3.8) is 0 Å². The van der Waals surface area contributed by atoms with E-state index in [1.807, 2.05) is 25.1 Å². The molecule has 1 aliphatic rings. The number of rotatable bonds is 7. The second-order valence-corrected chi connectivity index (χ2v) is 8.85. The Morgan fingerprint density at radius 2 is 1.79 bits per heavy atom. The Morgan fingerprint density at radius 1 is 1.07 bits per heavy atom. The molecule has 6 nitrogen and oxygen atoms in total. The molecule has 0 bridgehead atoms. The number of amides is 1. The fourth-order valence-electron chi connectivity index (χ4n) is 3.18.